The molecule has 31 heavy (non-hydrogen) atoms. The summed E-state index contributed by atoms with van der Waals surface area (Å²) in [5.74, 6) is -0.144. The van der Waals surface area contributed by atoms with Crippen LogP contribution < -0.4 is 0 Å². The summed E-state index contributed by atoms with van der Waals surface area (Å²) in [6.45, 7) is 7.33. The van der Waals surface area contributed by atoms with Crippen molar-refractivity contribution >= 4 is 23.9 Å². The summed E-state index contributed by atoms with van der Waals surface area (Å²) in [4.78, 5) is 26.4. The quantitative estimate of drug-likeness (QED) is 0.411. The Balaban J connectivity index is 2.46. The van der Waals surface area contributed by atoms with E-state index in [1.165, 1.54) is 7.11 Å². The number of benzene rings is 1. The summed E-state index contributed by atoms with van der Waals surface area (Å²) in [5, 5.41) is 0.543. The molecular formula is C22H28ClNO7. The topological polar surface area (TPSA) is 83.5 Å². The zero-order valence-electron chi connectivity index (χ0n) is 18.6. The molecular weight excluding hydrogens is 426 g/mol. The van der Waals surface area contributed by atoms with Crippen LogP contribution in [0.1, 0.15) is 39.2 Å². The second-order valence-corrected chi connectivity index (χ2v) is 7.59. The number of hydrogen-bond acceptors (Lipinski definition) is 8. The first kappa shape index (κ1) is 24.6. The van der Waals surface area contributed by atoms with Gasteiger partial charge in [0.05, 0.1) is 24.1 Å². The first-order valence-electron chi connectivity index (χ1n) is 9.78. The molecule has 0 saturated heterocycles. The van der Waals surface area contributed by atoms with Gasteiger partial charge in [-0.2, -0.15) is 0 Å². The van der Waals surface area contributed by atoms with Crippen molar-refractivity contribution in [3.8, 4) is 0 Å². The maximum Gasteiger partial charge on any atom is 0.513 e. The Morgan fingerprint density at radius 3 is 2.06 bits per heavy atom. The summed E-state index contributed by atoms with van der Waals surface area (Å²) < 4.78 is 26.3. The molecule has 1 aliphatic heterocycles. The van der Waals surface area contributed by atoms with Gasteiger partial charge in [-0.3, -0.25) is 0 Å². The van der Waals surface area contributed by atoms with Crippen LogP contribution in [0.15, 0.2) is 47.2 Å². The van der Waals surface area contributed by atoms with Crippen molar-refractivity contribution in [3.63, 3.8) is 0 Å². The molecule has 0 spiro atoms. The van der Waals surface area contributed by atoms with Gasteiger partial charge < -0.3 is 28.6 Å². The minimum Gasteiger partial charge on any atom is -0.432 e. The summed E-state index contributed by atoms with van der Waals surface area (Å²) in [7, 11) is 3.28. The van der Waals surface area contributed by atoms with Gasteiger partial charge in [0.25, 0.3) is 0 Å². The number of methoxy groups -OCH3 is 1. The van der Waals surface area contributed by atoms with E-state index >= 15 is 0 Å². The van der Waals surface area contributed by atoms with Crippen molar-refractivity contribution in [1.82, 2.24) is 4.90 Å². The summed E-state index contributed by atoms with van der Waals surface area (Å²) in [6.07, 6.45) is -2.09. The molecule has 8 nitrogen and oxygen atoms in total. The molecule has 9 heteroatoms. The molecule has 0 bridgehead atoms. The van der Waals surface area contributed by atoms with Crippen LogP contribution in [0.3, 0.4) is 0 Å². The predicted octanol–water partition coefficient (Wildman–Crippen LogP) is 5.19. The van der Waals surface area contributed by atoms with Crippen molar-refractivity contribution in [1.29, 1.82) is 0 Å². The minimum atomic E-state index is -0.887. The molecule has 1 unspecified atom stereocenters. The summed E-state index contributed by atoms with van der Waals surface area (Å²) >= 11 is 6.05. The van der Waals surface area contributed by atoms with Gasteiger partial charge in [0.1, 0.15) is 24.0 Å². The van der Waals surface area contributed by atoms with Crippen molar-refractivity contribution in [2.24, 2.45) is 0 Å². The van der Waals surface area contributed by atoms with Gasteiger partial charge in [-0.1, -0.05) is 23.7 Å². The minimum absolute atomic E-state index is 0.0437. The van der Waals surface area contributed by atoms with Gasteiger partial charge in [-0.15, -0.1) is 0 Å². The third-order valence-electron chi connectivity index (χ3n) is 4.67. The Kier molecular flexibility index (Phi) is 8.76. The van der Waals surface area contributed by atoms with E-state index in [-0.39, 0.29) is 30.8 Å². The fourth-order valence-corrected chi connectivity index (χ4v) is 3.10. The van der Waals surface area contributed by atoms with Crippen molar-refractivity contribution in [3.05, 3.63) is 57.8 Å². The van der Waals surface area contributed by atoms with E-state index in [9.17, 15) is 9.59 Å². The van der Waals surface area contributed by atoms with Crippen molar-refractivity contribution in [2.45, 2.75) is 39.7 Å². The molecule has 0 saturated carbocycles. The van der Waals surface area contributed by atoms with E-state index in [2.05, 4.69) is 0 Å². The second kappa shape index (κ2) is 11.1. The normalized spacial score (nSPS) is 16.5. The molecule has 0 radical (unpaired) electrons. The number of rotatable bonds is 7. The van der Waals surface area contributed by atoms with Gasteiger partial charge >= 0.3 is 12.3 Å². The number of carbonyl (C=O) groups excluding carboxylic acids is 2. The lowest BCUT2D eigenvalue weighted by Gasteiger charge is -2.35. The smallest absolute Gasteiger partial charge is 0.432 e. The lowest BCUT2D eigenvalue weighted by Crippen LogP contribution is -2.31. The number of ether oxygens (including phenoxy) is 5. The molecule has 0 aromatic heterocycles. The van der Waals surface area contributed by atoms with Gasteiger partial charge in [-0.05, 0) is 45.4 Å². The third kappa shape index (κ3) is 6.38. The monoisotopic (exact) mass is 453 g/mol. The molecule has 1 heterocycles. The molecule has 0 aliphatic carbocycles. The van der Waals surface area contributed by atoms with E-state index < -0.39 is 18.2 Å². The average molecular weight is 454 g/mol. The molecule has 1 aromatic rings. The van der Waals surface area contributed by atoms with Gasteiger partial charge in [-0.25, -0.2) is 9.59 Å². The Morgan fingerprint density at radius 1 is 1.00 bits per heavy atom. The number of nitrogens with zero attached hydrogens (tertiary/aromatic N) is 1. The van der Waals surface area contributed by atoms with E-state index in [0.29, 0.717) is 22.0 Å². The molecule has 0 N–H and O–H groups in total. The average Bonchev–Trinajstić information content (AvgIpc) is 2.70. The highest BCUT2D eigenvalue weighted by atomic mass is 35.5. The maximum atomic E-state index is 12.3. The fourth-order valence-electron chi connectivity index (χ4n) is 2.98. The molecule has 1 aliphatic rings. The van der Waals surface area contributed by atoms with Gasteiger partial charge in [0, 0.05) is 19.2 Å². The Morgan fingerprint density at radius 2 is 1.55 bits per heavy atom. The van der Waals surface area contributed by atoms with E-state index in [1.54, 1.807) is 63.9 Å². The highest BCUT2D eigenvalue weighted by Gasteiger charge is 2.37. The molecule has 1 atom stereocenters. The van der Waals surface area contributed by atoms with Crippen LogP contribution in [-0.2, 0) is 23.7 Å². The molecule has 0 amide bonds. The fraction of sp³-hybridized carbons (Fsp3) is 0.455. The number of halogens is 1. The Labute approximate surface area is 187 Å². The van der Waals surface area contributed by atoms with E-state index in [0.717, 1.165) is 0 Å². The van der Waals surface area contributed by atoms with Crippen LogP contribution in [0.25, 0.3) is 0 Å². The lowest BCUT2D eigenvalue weighted by atomic mass is 9.90. The first-order chi connectivity index (χ1) is 14.6. The summed E-state index contributed by atoms with van der Waals surface area (Å²) in [6, 6.07) is 6.96. The lowest BCUT2D eigenvalue weighted by molar-refractivity contribution is 0.0383. The van der Waals surface area contributed by atoms with Crippen molar-refractivity contribution in [2.75, 3.05) is 27.4 Å². The molecule has 1 aromatic carbocycles. The zero-order valence-corrected chi connectivity index (χ0v) is 19.3. The predicted molar refractivity (Wildman–Crippen MR) is 114 cm³/mol. The highest BCUT2D eigenvalue weighted by molar-refractivity contribution is 6.30. The van der Waals surface area contributed by atoms with Crippen LogP contribution in [0, 0.1) is 0 Å². The number of carbonyl (C=O) groups is 2. The number of allylic oxidation sites excluding steroid dienone is 2. The molecule has 2 rings (SSSR count). The van der Waals surface area contributed by atoms with Crippen molar-refractivity contribution < 1.29 is 33.3 Å². The Bertz CT molecular complexity index is 861. The van der Waals surface area contributed by atoms with Crippen LogP contribution in [0.2, 0.25) is 5.02 Å². The van der Waals surface area contributed by atoms with Crippen LogP contribution in [0.4, 0.5) is 9.59 Å². The number of hydrogen-bond donors (Lipinski definition) is 0. The van der Waals surface area contributed by atoms with Gasteiger partial charge in [0.15, 0.2) is 0 Å². The van der Waals surface area contributed by atoms with Crippen LogP contribution in [0.5, 0.6) is 0 Å². The largest absolute Gasteiger partial charge is 0.513 e. The SMILES string of the molecule is COCCOC(=O)OC1=C(C)N(C)C(C)=C(OC(=O)OC(C)C)C1c1ccc(Cl)cc1. The molecule has 170 valence electrons. The second-order valence-electron chi connectivity index (χ2n) is 7.15. The van der Waals surface area contributed by atoms with E-state index in [1.807, 2.05) is 0 Å². The highest BCUT2D eigenvalue weighted by Crippen LogP contribution is 2.42. The maximum absolute atomic E-state index is 12.3. The standard InChI is InChI=1S/C22H28ClNO7/c1-13(2)29-22(26)31-20-15(4)24(5)14(3)19(30-21(25)28-12-11-27-6)18(20)16-7-9-17(23)10-8-16/h7-10,13,18H,11-12H2,1-6H3. The molecule has 0 fully saturated rings. The third-order valence-corrected chi connectivity index (χ3v) is 4.92. The summed E-state index contributed by atoms with van der Waals surface area (Å²) in [5.41, 5.74) is 2.03. The van der Waals surface area contributed by atoms with Crippen LogP contribution in [-0.4, -0.2) is 50.7 Å². The Hall–Kier alpha value is -2.71. The van der Waals surface area contributed by atoms with Gasteiger partial charge in [0.2, 0.25) is 0 Å². The first-order valence-corrected chi connectivity index (χ1v) is 10.2. The van der Waals surface area contributed by atoms with E-state index in [4.69, 9.17) is 35.3 Å². The van der Waals surface area contributed by atoms with Crippen LogP contribution >= 0.6 is 11.6 Å². The zero-order chi connectivity index (χ0) is 23.1.